The number of hydrogen-bond acceptors (Lipinski definition) is 20. The molecule has 0 radical (unpaired) electrons. The molecule has 10 aromatic carbocycles. The largest absolute Gasteiger partial charge is 0.744 e. The van der Waals surface area contributed by atoms with Crippen LogP contribution in [0.25, 0.3) is 0 Å². The van der Waals surface area contributed by atoms with Gasteiger partial charge in [0.1, 0.15) is 27.2 Å². The highest BCUT2D eigenvalue weighted by atomic mass is 32.2. The average Bonchev–Trinajstić information content (AvgIpc) is 1.17. The summed E-state index contributed by atoms with van der Waals surface area (Å²) < 4.78 is 182. The van der Waals surface area contributed by atoms with E-state index in [9.17, 15) is 75.7 Å². The standard InChI is InChI=1S/C31H35O2S.C23H19O4S.C22H23OS.C10H14O3S.C9H16F2O5S.C8H14F2O5S/c1-21-13-29(34(27-9-5-3-6-10-27)28-11-7-4-8-12-28)14-22(2)30(21)32-20-33-31-25-16-23-15-24(18-25)19-26(31)17-23;24-22(27-21-15-16-26-23(21)25)17-11-13-20(14-12-17)28(18-7-3-1-4-8-18)19-9-5-2-6-10-19;1-22(2,3)23-18-11-10-16-21(17-18)24(19-12-6-4-7-13-19)20-14-8-5-9-15-20;1-3-8(2)9-4-6-10(7-5-9)14(11,12)13;1-5-8(3,4)7(12)16-6(2)9(10,11)17(13,14)15;1-4-7(2,3)6(11)15-5-8(9,10)16(12,13)14/h3-14,23-26,31H,15-20H2,1-2H3;1-14,21H,15-16H2;4-17H,1-3H3;4-8H,3H2,1-2H3,(H,11,12,13);6H,5H2,1-4H3,(H,13,14,15);4-5H2,1-3H3,(H,12,13,14)/q3*+1;;;/p-3. The Bertz CT molecular complexity index is 5620. The number of carbonyl (C=O) groups excluding carboxylic acids is 4. The van der Waals surface area contributed by atoms with E-state index in [0.717, 1.165) is 52.1 Å². The number of carbonyl (C=O) groups is 4. The van der Waals surface area contributed by atoms with Gasteiger partial charge in [-0.3, -0.25) is 9.59 Å². The van der Waals surface area contributed by atoms with Crippen LogP contribution in [0, 0.1) is 48.3 Å². The van der Waals surface area contributed by atoms with Crippen molar-refractivity contribution in [2.24, 2.45) is 34.5 Å². The molecular formula is C103H118F4O20S6. The first-order valence-electron chi connectivity index (χ1n) is 43.9. The van der Waals surface area contributed by atoms with Crippen molar-refractivity contribution in [2.45, 2.75) is 244 Å². The number of hydrogen-bond donors (Lipinski definition) is 0. The quantitative estimate of drug-likeness (QED) is 0.0105. The summed E-state index contributed by atoms with van der Waals surface area (Å²) in [6, 6.07) is 90.3. The Labute approximate surface area is 789 Å². The Morgan fingerprint density at radius 2 is 0.887 bits per heavy atom. The fraction of sp³-hybridized carbons (Fsp3) is 0.379. The predicted molar refractivity (Wildman–Crippen MR) is 504 cm³/mol. The van der Waals surface area contributed by atoms with Gasteiger partial charge >= 0.3 is 34.4 Å². The maximum Gasteiger partial charge on any atom is 0.369 e. The van der Waals surface area contributed by atoms with Gasteiger partial charge in [-0.1, -0.05) is 155 Å². The molecule has 0 aromatic heterocycles. The minimum absolute atomic E-state index is 0.133. The van der Waals surface area contributed by atoms with E-state index in [2.05, 4.69) is 234 Å². The molecule has 4 saturated carbocycles. The molecule has 4 aliphatic carbocycles. The molecule has 4 bridgehead atoms. The van der Waals surface area contributed by atoms with Gasteiger partial charge in [-0.05, 0) is 288 Å². The van der Waals surface area contributed by atoms with E-state index in [1.165, 1.54) is 122 Å². The van der Waals surface area contributed by atoms with Gasteiger partial charge in [0.2, 0.25) is 6.10 Å². The Balaban J connectivity index is 0.000000185. The van der Waals surface area contributed by atoms with Crippen LogP contribution in [-0.4, -0.2) is 117 Å². The summed E-state index contributed by atoms with van der Waals surface area (Å²) in [5.74, 6) is 2.85. The summed E-state index contributed by atoms with van der Waals surface area (Å²) in [6.45, 7) is 23.4. The molecule has 3 unspecified atom stereocenters. The second-order valence-corrected chi connectivity index (χ2v) is 45.5. The maximum atomic E-state index is 13.0. The van der Waals surface area contributed by atoms with Crippen LogP contribution in [-0.2, 0) is 101 Å². The van der Waals surface area contributed by atoms with Gasteiger partial charge in [0.25, 0.3) is 0 Å². The van der Waals surface area contributed by atoms with E-state index in [0.29, 0.717) is 57.2 Å². The predicted octanol–water partition coefficient (Wildman–Crippen LogP) is 22.5. The lowest BCUT2D eigenvalue weighted by atomic mass is 9.55. The van der Waals surface area contributed by atoms with E-state index < -0.39 is 94.4 Å². The van der Waals surface area contributed by atoms with Gasteiger partial charge in [0.15, 0.2) is 83.8 Å². The van der Waals surface area contributed by atoms with E-state index in [1.54, 1.807) is 38.1 Å². The number of ether oxygens (including phenoxy) is 7. The normalized spacial score (nSPS) is 17.5. The molecule has 10 aromatic rings. The van der Waals surface area contributed by atoms with E-state index in [1.807, 2.05) is 54.6 Å². The Morgan fingerprint density at radius 1 is 0.489 bits per heavy atom. The summed E-state index contributed by atoms with van der Waals surface area (Å²) in [7, 11) is -16.5. The molecule has 5 aliphatic rings. The lowest BCUT2D eigenvalue weighted by Crippen LogP contribution is -2.49. The van der Waals surface area contributed by atoms with Crippen LogP contribution in [0.5, 0.6) is 11.5 Å². The Kier molecular flexibility index (Phi) is 38.2. The number of esters is 4. The van der Waals surface area contributed by atoms with Crippen LogP contribution < -0.4 is 9.47 Å². The van der Waals surface area contributed by atoms with Crippen LogP contribution in [0.3, 0.4) is 0 Å². The zero-order valence-electron chi connectivity index (χ0n) is 77.1. The lowest BCUT2D eigenvalue weighted by molar-refractivity contribution is -0.170. The number of alkyl halides is 4. The molecule has 1 aliphatic heterocycles. The fourth-order valence-corrected chi connectivity index (χ4v) is 22.8. The van der Waals surface area contributed by atoms with E-state index in [4.69, 9.17) is 23.7 Å². The smallest absolute Gasteiger partial charge is 0.369 e. The Hall–Kier alpha value is -9.86. The number of benzene rings is 10. The average molecular weight is 1940 g/mol. The van der Waals surface area contributed by atoms with Crippen LogP contribution in [0.15, 0.2) is 316 Å². The van der Waals surface area contributed by atoms with Gasteiger partial charge in [-0.15, -0.1) is 0 Å². The van der Waals surface area contributed by atoms with Crippen molar-refractivity contribution in [3.05, 3.63) is 289 Å². The summed E-state index contributed by atoms with van der Waals surface area (Å²) in [6.07, 6.45) is 6.37. The van der Waals surface area contributed by atoms with Gasteiger partial charge in [-0.25, -0.2) is 34.8 Å². The molecule has 0 amide bonds. The highest BCUT2D eigenvalue weighted by Gasteiger charge is 2.50. The molecule has 1 saturated heterocycles. The molecule has 1 heterocycles. The molecule has 133 heavy (non-hydrogen) atoms. The second kappa shape index (κ2) is 47.6. The van der Waals surface area contributed by atoms with Crippen LogP contribution in [0.1, 0.15) is 174 Å². The van der Waals surface area contributed by atoms with Crippen molar-refractivity contribution in [3.8, 4) is 11.5 Å². The van der Waals surface area contributed by atoms with Gasteiger partial charge < -0.3 is 46.8 Å². The minimum atomic E-state index is -5.86. The van der Waals surface area contributed by atoms with Crippen molar-refractivity contribution in [2.75, 3.05) is 20.0 Å². The Morgan fingerprint density at radius 3 is 1.26 bits per heavy atom. The number of rotatable bonds is 29. The van der Waals surface area contributed by atoms with Crippen LogP contribution >= 0.6 is 0 Å². The van der Waals surface area contributed by atoms with Crippen molar-refractivity contribution < 1.29 is 109 Å². The highest BCUT2D eigenvalue weighted by Crippen LogP contribution is 2.55. The highest BCUT2D eigenvalue weighted by molar-refractivity contribution is 7.97. The summed E-state index contributed by atoms with van der Waals surface area (Å²) in [5, 5.41) is -9.22. The summed E-state index contributed by atoms with van der Waals surface area (Å²) in [5.41, 5.74) is 1.64. The first-order valence-corrected chi connectivity index (χ1v) is 51.8. The fourth-order valence-electron chi connectivity index (χ4n) is 15.2. The molecule has 20 nitrogen and oxygen atoms in total. The molecule has 5 fully saturated rings. The number of aryl methyl sites for hydroxylation is 2. The molecule has 3 atom stereocenters. The topological polar surface area (TPSA) is 304 Å². The van der Waals surface area contributed by atoms with E-state index in [-0.39, 0.29) is 43.2 Å². The monoisotopic (exact) mass is 1940 g/mol. The SMILES string of the molecule is CC(C)(C)Oc1cccc([S+](c2ccccc2)c2ccccc2)c1.CCC(C)(C)C(=O)OC(C)C(F)(F)S(=O)(=O)[O-].CCC(C)(C)C(=O)OCC(F)(F)S(=O)(=O)[O-].CCC(C)c1ccc(S(=O)(=O)[O-])cc1.Cc1cc([S+](c2ccccc2)c2ccccc2)cc(C)c1OCOC1C2CC3CC(C2)CC1C3.O=C(OC1CCOC1=O)c1ccc([S+](c2ccccc2)c2ccccc2)cc1. The maximum absolute atomic E-state index is 13.0. The summed E-state index contributed by atoms with van der Waals surface area (Å²) >= 11 is 0. The first-order chi connectivity index (χ1) is 62.6. The lowest BCUT2D eigenvalue weighted by Gasteiger charge is -2.53. The third-order valence-electron chi connectivity index (χ3n) is 23.1. The van der Waals surface area contributed by atoms with Gasteiger partial charge in [-0.2, -0.15) is 17.6 Å². The van der Waals surface area contributed by atoms with Crippen molar-refractivity contribution in [1.29, 1.82) is 0 Å². The van der Waals surface area contributed by atoms with Crippen LogP contribution in [0.2, 0.25) is 0 Å². The molecule has 0 spiro atoms. The van der Waals surface area contributed by atoms with Crippen molar-refractivity contribution >= 4 is 86.9 Å². The van der Waals surface area contributed by atoms with Crippen LogP contribution in [0.4, 0.5) is 17.6 Å². The first kappa shape index (κ1) is 107. The van der Waals surface area contributed by atoms with E-state index >= 15 is 0 Å². The molecule has 30 heteroatoms. The summed E-state index contributed by atoms with van der Waals surface area (Å²) in [4.78, 5) is 57.8. The van der Waals surface area contributed by atoms with Crippen molar-refractivity contribution in [3.63, 3.8) is 0 Å². The second-order valence-electron chi connectivity index (χ2n) is 35.1. The number of halogens is 4. The zero-order valence-corrected chi connectivity index (χ0v) is 82.0. The molecule has 15 rings (SSSR count). The van der Waals surface area contributed by atoms with Crippen molar-refractivity contribution in [1.82, 2.24) is 0 Å². The molecular weight excluding hydrogens is 1830 g/mol. The minimum Gasteiger partial charge on any atom is -0.744 e. The van der Waals surface area contributed by atoms with Gasteiger partial charge in [0, 0.05) is 24.6 Å². The number of cyclic esters (lactones) is 1. The molecule has 0 N–H and O–H groups in total. The van der Waals surface area contributed by atoms with Gasteiger partial charge in [0.05, 0.1) is 66.7 Å². The zero-order chi connectivity index (χ0) is 97.4. The molecule has 714 valence electrons. The third-order valence-corrected chi connectivity index (χ3v) is 32.5. The third kappa shape index (κ3) is 30.3.